The summed E-state index contributed by atoms with van der Waals surface area (Å²) in [7, 11) is -4.39. The van der Waals surface area contributed by atoms with E-state index in [1.807, 2.05) is 0 Å². The normalized spacial score (nSPS) is 11.3. The van der Waals surface area contributed by atoms with E-state index in [-0.39, 0.29) is 5.75 Å². The summed E-state index contributed by atoms with van der Waals surface area (Å²) in [5, 5.41) is 0. The zero-order chi connectivity index (χ0) is 13.2. The summed E-state index contributed by atoms with van der Waals surface area (Å²) < 4.78 is 36.0. The van der Waals surface area contributed by atoms with Gasteiger partial charge < -0.3 is 4.74 Å². The second kappa shape index (κ2) is 5.79. The van der Waals surface area contributed by atoms with Crippen LogP contribution in [0.3, 0.4) is 0 Å². The van der Waals surface area contributed by atoms with E-state index >= 15 is 0 Å². The molecule has 5 nitrogen and oxygen atoms in total. The molecule has 0 radical (unpaired) electrons. The average Bonchev–Trinajstić information content (AvgIpc) is 2.10. The molecule has 1 aromatic carbocycles. The molecule has 0 unspecified atom stereocenters. The number of hydrogen-bond donors (Lipinski definition) is 1. The molecule has 0 fully saturated rings. The maximum Gasteiger partial charge on any atom is 0.329 e. The van der Waals surface area contributed by atoms with E-state index in [0.717, 1.165) is 0 Å². The number of hydrogen-bond acceptors (Lipinski definition) is 4. The molecule has 0 aliphatic carbocycles. The van der Waals surface area contributed by atoms with Gasteiger partial charge >= 0.3 is 5.97 Å². The van der Waals surface area contributed by atoms with Gasteiger partial charge in [-0.1, -0.05) is 15.9 Å². The maximum atomic E-state index is 11.2. The molecule has 1 N–H and O–H groups in total. The monoisotopic (exact) mass is 450 g/mol. The lowest BCUT2D eigenvalue weighted by molar-refractivity contribution is -0.131. The van der Waals surface area contributed by atoms with Gasteiger partial charge in [-0.25, -0.2) is 0 Å². The third-order valence-electron chi connectivity index (χ3n) is 1.48. The predicted octanol–water partition coefficient (Wildman–Crippen LogP) is 2.77. The lowest BCUT2D eigenvalue weighted by Gasteiger charge is -2.07. The fraction of sp³-hybridized carbons (Fsp3) is 0.125. The average molecular weight is 453 g/mol. The Morgan fingerprint density at radius 3 is 2.41 bits per heavy atom. The molecular formula is C8H5Br3O5S. The number of rotatable bonds is 3. The van der Waals surface area contributed by atoms with E-state index in [9.17, 15) is 13.2 Å². The molecule has 9 heteroatoms. The largest absolute Gasteiger partial charge is 0.424 e. The topological polar surface area (TPSA) is 80.7 Å². The van der Waals surface area contributed by atoms with Gasteiger partial charge in [0.05, 0.1) is 4.47 Å². The molecule has 1 rings (SSSR count). The SMILES string of the molecule is O=C(CS(=O)(=O)O)Oc1cc(Br)cc(Br)c1Br. The van der Waals surface area contributed by atoms with E-state index in [4.69, 9.17) is 9.29 Å². The number of carbonyl (C=O) groups excluding carboxylic acids is 1. The Labute approximate surface area is 123 Å². The Bertz CT molecular complexity index is 555. The molecule has 0 aliphatic heterocycles. The van der Waals surface area contributed by atoms with Crippen LogP contribution in [0.15, 0.2) is 25.6 Å². The lowest BCUT2D eigenvalue weighted by Crippen LogP contribution is -2.20. The van der Waals surface area contributed by atoms with Gasteiger partial charge in [-0.3, -0.25) is 9.35 Å². The number of carbonyl (C=O) groups is 1. The molecule has 0 saturated heterocycles. The minimum Gasteiger partial charge on any atom is -0.424 e. The maximum absolute atomic E-state index is 11.2. The van der Waals surface area contributed by atoms with Crippen LogP contribution in [0.25, 0.3) is 0 Å². The Hall–Kier alpha value is 0.0400. The van der Waals surface area contributed by atoms with Crippen LogP contribution in [0.2, 0.25) is 0 Å². The van der Waals surface area contributed by atoms with Gasteiger partial charge in [0, 0.05) is 8.95 Å². The van der Waals surface area contributed by atoms with Crippen LogP contribution in [0, 0.1) is 0 Å². The van der Waals surface area contributed by atoms with Gasteiger partial charge in [0.2, 0.25) is 0 Å². The first kappa shape index (κ1) is 15.1. The van der Waals surface area contributed by atoms with Crippen LogP contribution in [0.1, 0.15) is 0 Å². The van der Waals surface area contributed by atoms with Crippen LogP contribution < -0.4 is 4.74 Å². The lowest BCUT2D eigenvalue weighted by atomic mass is 10.3. The highest BCUT2D eigenvalue weighted by atomic mass is 79.9. The van der Waals surface area contributed by atoms with Gasteiger partial charge in [-0.2, -0.15) is 8.42 Å². The third kappa shape index (κ3) is 5.04. The summed E-state index contributed by atoms with van der Waals surface area (Å²) in [4.78, 5) is 11.2. The second-order valence-corrected chi connectivity index (χ2v) is 6.92. The molecule has 0 aromatic heterocycles. The number of esters is 1. The summed E-state index contributed by atoms with van der Waals surface area (Å²) >= 11 is 9.57. The summed E-state index contributed by atoms with van der Waals surface area (Å²) in [6.07, 6.45) is 0. The van der Waals surface area contributed by atoms with Crippen molar-refractivity contribution in [3.05, 3.63) is 25.6 Å². The van der Waals surface area contributed by atoms with E-state index in [1.54, 1.807) is 6.07 Å². The molecule has 0 bridgehead atoms. The van der Waals surface area contributed by atoms with Crippen molar-refractivity contribution < 1.29 is 22.5 Å². The van der Waals surface area contributed by atoms with Gasteiger partial charge in [-0.05, 0) is 44.0 Å². The summed E-state index contributed by atoms with van der Waals surface area (Å²) in [6.45, 7) is 0. The molecule has 0 aliphatic rings. The van der Waals surface area contributed by atoms with E-state index < -0.39 is 21.8 Å². The summed E-state index contributed by atoms with van der Waals surface area (Å²) in [5.74, 6) is -2.03. The minimum absolute atomic E-state index is 0.139. The molecule has 94 valence electrons. The van der Waals surface area contributed by atoms with Gasteiger partial charge in [0.25, 0.3) is 10.1 Å². The van der Waals surface area contributed by atoms with Crippen molar-refractivity contribution >= 4 is 63.9 Å². The highest BCUT2D eigenvalue weighted by Crippen LogP contribution is 2.35. The van der Waals surface area contributed by atoms with Gasteiger partial charge in [-0.15, -0.1) is 0 Å². The first-order valence-electron chi connectivity index (χ1n) is 3.99. The van der Waals surface area contributed by atoms with Crippen molar-refractivity contribution in [2.45, 2.75) is 0 Å². The first-order valence-corrected chi connectivity index (χ1v) is 7.98. The number of ether oxygens (including phenoxy) is 1. The van der Waals surface area contributed by atoms with Crippen molar-refractivity contribution in [1.82, 2.24) is 0 Å². The summed E-state index contributed by atoms with van der Waals surface area (Å²) in [6, 6.07) is 3.20. The van der Waals surface area contributed by atoms with Crippen molar-refractivity contribution in [3.63, 3.8) is 0 Å². The second-order valence-electron chi connectivity index (χ2n) is 2.90. The minimum atomic E-state index is -4.39. The highest BCUT2D eigenvalue weighted by molar-refractivity contribution is 9.13. The van der Waals surface area contributed by atoms with Crippen LogP contribution in [0.4, 0.5) is 0 Å². The fourth-order valence-corrected chi connectivity index (χ4v) is 2.76. The highest BCUT2D eigenvalue weighted by Gasteiger charge is 2.17. The van der Waals surface area contributed by atoms with Crippen molar-refractivity contribution in [1.29, 1.82) is 0 Å². The Kier molecular flexibility index (Phi) is 5.14. The molecule has 0 atom stereocenters. The number of benzene rings is 1. The quantitative estimate of drug-likeness (QED) is 0.330. The smallest absolute Gasteiger partial charge is 0.329 e. The molecular weight excluding hydrogens is 448 g/mol. The van der Waals surface area contributed by atoms with Crippen LogP contribution in [0.5, 0.6) is 5.75 Å². The molecule has 1 aromatic rings. The Balaban J connectivity index is 2.93. The standard InChI is InChI=1S/C8H5Br3O5S/c9-4-1-5(10)8(11)6(2-4)16-7(12)3-17(13,14)15/h1-2H,3H2,(H,13,14,15). The fourth-order valence-electron chi connectivity index (χ4n) is 0.908. The zero-order valence-corrected chi connectivity index (χ0v) is 13.6. The predicted molar refractivity (Wildman–Crippen MR) is 71.6 cm³/mol. The van der Waals surface area contributed by atoms with Crippen LogP contribution >= 0.6 is 47.8 Å². The Morgan fingerprint density at radius 2 is 1.88 bits per heavy atom. The van der Waals surface area contributed by atoms with E-state index in [0.29, 0.717) is 13.4 Å². The van der Waals surface area contributed by atoms with Crippen LogP contribution in [-0.4, -0.2) is 24.7 Å². The number of halogens is 3. The molecule has 17 heavy (non-hydrogen) atoms. The molecule has 0 heterocycles. The van der Waals surface area contributed by atoms with E-state index in [1.165, 1.54) is 6.07 Å². The summed E-state index contributed by atoms with van der Waals surface area (Å²) in [5.41, 5.74) is 0. The molecule has 0 saturated carbocycles. The zero-order valence-electron chi connectivity index (χ0n) is 7.98. The van der Waals surface area contributed by atoms with Gasteiger partial charge in [0.15, 0.2) is 5.75 Å². The first-order chi connectivity index (χ1) is 7.69. The third-order valence-corrected chi connectivity index (χ3v) is 4.52. The van der Waals surface area contributed by atoms with E-state index in [2.05, 4.69) is 47.8 Å². The van der Waals surface area contributed by atoms with Crippen LogP contribution in [-0.2, 0) is 14.9 Å². The van der Waals surface area contributed by atoms with Crippen molar-refractivity contribution in [3.8, 4) is 5.75 Å². The molecule has 0 amide bonds. The van der Waals surface area contributed by atoms with Crippen molar-refractivity contribution in [2.75, 3.05) is 5.75 Å². The van der Waals surface area contributed by atoms with Gasteiger partial charge in [0.1, 0.15) is 5.75 Å². The Morgan fingerprint density at radius 1 is 1.29 bits per heavy atom. The van der Waals surface area contributed by atoms with Crippen molar-refractivity contribution in [2.24, 2.45) is 0 Å². The molecule has 0 spiro atoms.